The zero-order valence-electron chi connectivity index (χ0n) is 8.20. The molecule has 2 rings (SSSR count). The number of aliphatic hydroxyl groups is 1. The van der Waals surface area contributed by atoms with Crippen LogP contribution in [0.3, 0.4) is 0 Å². The molecule has 1 N–H and O–H groups in total. The van der Waals surface area contributed by atoms with Crippen LogP contribution in [0, 0.1) is 11.3 Å². The molecule has 0 heterocycles. The molecule has 0 amide bonds. The fraction of sp³-hybridized carbons (Fsp3) is 0.417. The van der Waals surface area contributed by atoms with Gasteiger partial charge in [0.25, 0.3) is 0 Å². The fourth-order valence-electron chi connectivity index (χ4n) is 1.96. The highest BCUT2D eigenvalue weighted by Crippen LogP contribution is 2.50. The molecule has 2 nitrogen and oxygen atoms in total. The number of nitriles is 1. The first kappa shape index (κ1) is 9.23. The van der Waals surface area contributed by atoms with E-state index in [0.29, 0.717) is 5.56 Å². The van der Waals surface area contributed by atoms with Gasteiger partial charge < -0.3 is 5.11 Å². The molecule has 1 saturated carbocycles. The van der Waals surface area contributed by atoms with Gasteiger partial charge in [-0.05, 0) is 37.5 Å². The van der Waals surface area contributed by atoms with Gasteiger partial charge >= 0.3 is 0 Å². The van der Waals surface area contributed by atoms with E-state index in [1.165, 1.54) is 0 Å². The Morgan fingerprint density at radius 1 is 1.36 bits per heavy atom. The van der Waals surface area contributed by atoms with Crippen LogP contribution in [0.5, 0.6) is 0 Å². The minimum atomic E-state index is -0.296. The number of hydrogen-bond acceptors (Lipinski definition) is 2. The third kappa shape index (κ3) is 1.30. The molecule has 1 aromatic rings. The molecule has 72 valence electrons. The second-order valence-corrected chi connectivity index (χ2v) is 4.02. The Hall–Kier alpha value is -1.33. The van der Waals surface area contributed by atoms with E-state index in [1.54, 1.807) is 0 Å². The quantitative estimate of drug-likeness (QED) is 0.769. The third-order valence-electron chi connectivity index (χ3n) is 3.18. The van der Waals surface area contributed by atoms with Crippen molar-refractivity contribution in [2.24, 2.45) is 0 Å². The number of nitrogens with zero attached hydrogens (tertiary/aromatic N) is 1. The first-order valence-corrected chi connectivity index (χ1v) is 4.88. The van der Waals surface area contributed by atoms with Crippen molar-refractivity contribution in [1.82, 2.24) is 0 Å². The number of rotatable bonds is 2. The lowest BCUT2D eigenvalue weighted by Gasteiger charge is -2.18. The maximum absolute atomic E-state index is 9.66. The highest BCUT2D eigenvalue weighted by molar-refractivity contribution is 5.38. The lowest BCUT2D eigenvalue weighted by Crippen LogP contribution is -2.22. The first-order valence-electron chi connectivity index (χ1n) is 4.88. The summed E-state index contributed by atoms with van der Waals surface area (Å²) >= 11 is 0. The molecule has 1 fully saturated rings. The Kier molecular flexibility index (Phi) is 2.05. The van der Waals surface area contributed by atoms with E-state index >= 15 is 0 Å². The van der Waals surface area contributed by atoms with Gasteiger partial charge in [0.2, 0.25) is 0 Å². The summed E-state index contributed by atoms with van der Waals surface area (Å²) in [4.78, 5) is 0. The molecule has 1 aliphatic carbocycles. The number of benzene rings is 1. The monoisotopic (exact) mass is 187 g/mol. The van der Waals surface area contributed by atoms with E-state index in [9.17, 15) is 5.11 Å². The zero-order valence-corrected chi connectivity index (χ0v) is 8.20. The third-order valence-corrected chi connectivity index (χ3v) is 3.18. The average Bonchev–Trinajstić information content (AvgIpc) is 2.99. The summed E-state index contributed by atoms with van der Waals surface area (Å²) in [6.45, 7) is 1.84. The molecule has 14 heavy (non-hydrogen) atoms. The van der Waals surface area contributed by atoms with Crippen LogP contribution in [0.25, 0.3) is 0 Å². The second-order valence-electron chi connectivity index (χ2n) is 4.02. The van der Waals surface area contributed by atoms with Gasteiger partial charge in [-0.2, -0.15) is 5.26 Å². The summed E-state index contributed by atoms with van der Waals surface area (Å²) in [5.74, 6) is 0. The van der Waals surface area contributed by atoms with Crippen LogP contribution in [-0.4, -0.2) is 11.2 Å². The molecule has 2 heteroatoms. The van der Waals surface area contributed by atoms with Crippen molar-refractivity contribution in [3.63, 3.8) is 0 Å². The highest BCUT2D eigenvalue weighted by Gasteiger charge is 2.48. The Labute approximate surface area is 83.8 Å². The molecule has 0 aromatic heterocycles. The van der Waals surface area contributed by atoms with Crippen LogP contribution in [-0.2, 0) is 5.41 Å². The van der Waals surface area contributed by atoms with Gasteiger partial charge in [-0.25, -0.2) is 0 Å². The van der Waals surface area contributed by atoms with E-state index in [-0.39, 0.29) is 11.5 Å². The standard InChI is InChI=1S/C12H13NO/c1-9(14)12(6-7-12)11-4-2-10(8-13)3-5-11/h2-5,9,14H,6-7H2,1H3. The topological polar surface area (TPSA) is 44.0 Å². The summed E-state index contributed by atoms with van der Waals surface area (Å²) in [5.41, 5.74) is 1.81. The minimum absolute atomic E-state index is 0.0199. The molecule has 0 saturated heterocycles. The highest BCUT2D eigenvalue weighted by atomic mass is 16.3. The smallest absolute Gasteiger partial charge is 0.0991 e. The van der Waals surface area contributed by atoms with Crippen LogP contribution in [0.15, 0.2) is 24.3 Å². The molecule has 0 spiro atoms. The lowest BCUT2D eigenvalue weighted by molar-refractivity contribution is 0.150. The van der Waals surface area contributed by atoms with Gasteiger partial charge in [-0.1, -0.05) is 12.1 Å². The molecular formula is C12H13NO. The predicted molar refractivity (Wildman–Crippen MR) is 53.7 cm³/mol. The van der Waals surface area contributed by atoms with Gasteiger partial charge in [-0.3, -0.25) is 0 Å². The largest absolute Gasteiger partial charge is 0.392 e. The molecule has 1 unspecified atom stereocenters. The SMILES string of the molecule is CC(O)C1(c2ccc(C#N)cc2)CC1. The fourth-order valence-corrected chi connectivity index (χ4v) is 1.96. The van der Waals surface area contributed by atoms with Gasteiger partial charge in [0.15, 0.2) is 0 Å². The molecule has 1 atom stereocenters. The Balaban J connectivity index is 2.31. The summed E-state index contributed by atoms with van der Waals surface area (Å²) < 4.78 is 0. The van der Waals surface area contributed by atoms with E-state index in [1.807, 2.05) is 31.2 Å². The van der Waals surface area contributed by atoms with Crippen LogP contribution >= 0.6 is 0 Å². The van der Waals surface area contributed by atoms with E-state index in [0.717, 1.165) is 18.4 Å². The maximum atomic E-state index is 9.66. The summed E-state index contributed by atoms with van der Waals surface area (Å²) in [6.07, 6.45) is 1.81. The first-order chi connectivity index (χ1) is 6.69. The van der Waals surface area contributed by atoms with Crippen LogP contribution in [0.2, 0.25) is 0 Å². The van der Waals surface area contributed by atoms with Gasteiger partial charge in [0.05, 0.1) is 17.7 Å². The zero-order chi connectivity index (χ0) is 10.2. The Morgan fingerprint density at radius 2 is 1.93 bits per heavy atom. The molecule has 0 radical (unpaired) electrons. The number of aliphatic hydroxyl groups excluding tert-OH is 1. The molecule has 1 aliphatic rings. The van der Waals surface area contributed by atoms with Crippen molar-refractivity contribution < 1.29 is 5.11 Å². The number of hydrogen-bond donors (Lipinski definition) is 1. The van der Waals surface area contributed by atoms with Crippen molar-refractivity contribution >= 4 is 0 Å². The van der Waals surface area contributed by atoms with Crippen LogP contribution < -0.4 is 0 Å². The van der Waals surface area contributed by atoms with Gasteiger partial charge in [0.1, 0.15) is 0 Å². The van der Waals surface area contributed by atoms with Crippen molar-refractivity contribution in [2.45, 2.75) is 31.3 Å². The molecule has 0 bridgehead atoms. The Morgan fingerprint density at radius 3 is 2.29 bits per heavy atom. The maximum Gasteiger partial charge on any atom is 0.0991 e. The molecule has 0 aliphatic heterocycles. The molecule has 1 aromatic carbocycles. The van der Waals surface area contributed by atoms with E-state index in [4.69, 9.17) is 5.26 Å². The van der Waals surface area contributed by atoms with Crippen molar-refractivity contribution in [3.8, 4) is 6.07 Å². The molecular weight excluding hydrogens is 174 g/mol. The minimum Gasteiger partial charge on any atom is -0.392 e. The van der Waals surface area contributed by atoms with E-state index in [2.05, 4.69) is 6.07 Å². The second kappa shape index (κ2) is 3.11. The van der Waals surface area contributed by atoms with Gasteiger partial charge in [0, 0.05) is 5.41 Å². The predicted octanol–water partition coefficient (Wildman–Crippen LogP) is 1.97. The average molecular weight is 187 g/mol. The summed E-state index contributed by atoms with van der Waals surface area (Å²) in [6, 6.07) is 9.64. The summed E-state index contributed by atoms with van der Waals surface area (Å²) in [5, 5.41) is 18.3. The van der Waals surface area contributed by atoms with Gasteiger partial charge in [-0.15, -0.1) is 0 Å². The van der Waals surface area contributed by atoms with Crippen LogP contribution in [0.1, 0.15) is 30.9 Å². The summed E-state index contributed by atoms with van der Waals surface area (Å²) in [7, 11) is 0. The Bertz CT molecular complexity index is 368. The van der Waals surface area contributed by atoms with Crippen molar-refractivity contribution in [1.29, 1.82) is 5.26 Å². The van der Waals surface area contributed by atoms with Crippen molar-refractivity contribution in [3.05, 3.63) is 35.4 Å². The van der Waals surface area contributed by atoms with Crippen molar-refractivity contribution in [2.75, 3.05) is 0 Å². The van der Waals surface area contributed by atoms with E-state index < -0.39 is 0 Å². The van der Waals surface area contributed by atoms with Crippen LogP contribution in [0.4, 0.5) is 0 Å². The lowest BCUT2D eigenvalue weighted by atomic mass is 9.90. The normalized spacial score (nSPS) is 19.8.